The number of piperidine rings is 1. The molecule has 1 fully saturated rings. The fourth-order valence-corrected chi connectivity index (χ4v) is 1.52. The first-order chi connectivity index (χ1) is 6.63. The Hall–Kier alpha value is -1.46. The van der Waals surface area contributed by atoms with Crippen molar-refractivity contribution in [3.05, 3.63) is 0 Å². The molecular formula is C8H15N3O3. The maximum absolute atomic E-state index is 10.9. The fourth-order valence-electron chi connectivity index (χ4n) is 1.52. The first kappa shape index (κ1) is 10.6. The van der Waals surface area contributed by atoms with Crippen molar-refractivity contribution < 1.29 is 14.3 Å². The number of hydrogen-bond donors (Lipinski definition) is 2. The Bertz CT molecular complexity index is 232. The van der Waals surface area contributed by atoms with Gasteiger partial charge in [0.25, 0.3) is 0 Å². The van der Waals surface area contributed by atoms with Crippen molar-refractivity contribution in [2.75, 3.05) is 20.2 Å². The number of nitrogens with one attached hydrogen (secondary N) is 1. The number of primary amides is 1. The van der Waals surface area contributed by atoms with Crippen LogP contribution in [0.3, 0.4) is 0 Å². The van der Waals surface area contributed by atoms with E-state index >= 15 is 0 Å². The number of amides is 3. The SMILES string of the molecule is COC(=O)NC1CCCN(C(N)=O)C1. The number of nitrogens with two attached hydrogens (primary N) is 1. The molecule has 0 aromatic rings. The molecule has 0 aromatic heterocycles. The predicted octanol–water partition coefficient (Wildman–Crippen LogP) is -0.115. The molecule has 1 atom stereocenters. The van der Waals surface area contributed by atoms with E-state index in [1.165, 1.54) is 12.0 Å². The summed E-state index contributed by atoms with van der Waals surface area (Å²) in [5, 5.41) is 2.64. The minimum Gasteiger partial charge on any atom is -0.453 e. The second-order valence-electron chi connectivity index (χ2n) is 3.26. The molecule has 0 aliphatic carbocycles. The largest absolute Gasteiger partial charge is 0.453 e. The molecule has 1 rings (SSSR count). The molecule has 14 heavy (non-hydrogen) atoms. The summed E-state index contributed by atoms with van der Waals surface area (Å²) in [7, 11) is 1.31. The predicted molar refractivity (Wildman–Crippen MR) is 49.7 cm³/mol. The van der Waals surface area contributed by atoms with Gasteiger partial charge in [-0.1, -0.05) is 0 Å². The van der Waals surface area contributed by atoms with E-state index in [4.69, 9.17) is 5.73 Å². The minimum atomic E-state index is -0.471. The van der Waals surface area contributed by atoms with Crippen LogP contribution < -0.4 is 11.1 Å². The zero-order valence-electron chi connectivity index (χ0n) is 8.16. The number of hydrogen-bond acceptors (Lipinski definition) is 3. The lowest BCUT2D eigenvalue weighted by molar-refractivity contribution is 0.151. The van der Waals surface area contributed by atoms with Crippen LogP contribution in [0.2, 0.25) is 0 Å². The second kappa shape index (κ2) is 4.69. The molecule has 3 N–H and O–H groups in total. The van der Waals surface area contributed by atoms with Gasteiger partial charge in [0.1, 0.15) is 0 Å². The van der Waals surface area contributed by atoms with Gasteiger partial charge in [-0.2, -0.15) is 0 Å². The quantitative estimate of drug-likeness (QED) is 0.620. The Morgan fingerprint density at radius 1 is 1.57 bits per heavy atom. The third kappa shape index (κ3) is 2.79. The molecule has 80 valence electrons. The van der Waals surface area contributed by atoms with Crippen LogP contribution in [0.25, 0.3) is 0 Å². The number of urea groups is 1. The summed E-state index contributed by atoms with van der Waals surface area (Å²) in [4.78, 5) is 23.3. The summed E-state index contributed by atoms with van der Waals surface area (Å²) in [6.45, 7) is 1.12. The van der Waals surface area contributed by atoms with Gasteiger partial charge in [0.2, 0.25) is 0 Å². The van der Waals surface area contributed by atoms with Crippen LogP contribution in [0.15, 0.2) is 0 Å². The van der Waals surface area contributed by atoms with Gasteiger partial charge in [-0.05, 0) is 12.8 Å². The highest BCUT2D eigenvalue weighted by molar-refractivity contribution is 5.72. The number of rotatable bonds is 1. The number of likely N-dealkylation sites (tertiary alicyclic amines) is 1. The summed E-state index contributed by atoms with van der Waals surface area (Å²) < 4.78 is 4.46. The molecule has 0 radical (unpaired) electrons. The van der Waals surface area contributed by atoms with Gasteiger partial charge in [0, 0.05) is 19.1 Å². The topological polar surface area (TPSA) is 84.7 Å². The van der Waals surface area contributed by atoms with Crippen LogP contribution in [-0.2, 0) is 4.74 Å². The van der Waals surface area contributed by atoms with E-state index in [2.05, 4.69) is 10.1 Å². The van der Waals surface area contributed by atoms with Gasteiger partial charge in [0.05, 0.1) is 7.11 Å². The lowest BCUT2D eigenvalue weighted by Gasteiger charge is -2.31. The van der Waals surface area contributed by atoms with E-state index in [1.807, 2.05) is 0 Å². The molecule has 0 saturated carbocycles. The normalized spacial score (nSPS) is 21.5. The molecule has 1 aliphatic rings. The van der Waals surface area contributed by atoms with Crippen LogP contribution in [0.1, 0.15) is 12.8 Å². The average molecular weight is 201 g/mol. The van der Waals surface area contributed by atoms with E-state index < -0.39 is 12.1 Å². The van der Waals surface area contributed by atoms with Crippen molar-refractivity contribution >= 4 is 12.1 Å². The summed E-state index contributed by atoms with van der Waals surface area (Å²) in [6.07, 6.45) is 1.22. The zero-order chi connectivity index (χ0) is 10.6. The maximum Gasteiger partial charge on any atom is 0.407 e. The van der Waals surface area contributed by atoms with Crippen molar-refractivity contribution in [3.63, 3.8) is 0 Å². The fraction of sp³-hybridized carbons (Fsp3) is 0.750. The molecule has 0 bridgehead atoms. The Morgan fingerprint density at radius 2 is 2.29 bits per heavy atom. The second-order valence-corrected chi connectivity index (χ2v) is 3.26. The molecule has 0 aromatic carbocycles. The summed E-state index contributed by atoms with van der Waals surface area (Å²) >= 11 is 0. The molecule has 6 nitrogen and oxygen atoms in total. The van der Waals surface area contributed by atoms with Crippen molar-refractivity contribution in [2.45, 2.75) is 18.9 Å². The zero-order valence-corrected chi connectivity index (χ0v) is 8.16. The monoisotopic (exact) mass is 201 g/mol. The number of methoxy groups -OCH3 is 1. The van der Waals surface area contributed by atoms with Crippen LogP contribution in [0, 0.1) is 0 Å². The van der Waals surface area contributed by atoms with Crippen molar-refractivity contribution in [2.24, 2.45) is 5.73 Å². The van der Waals surface area contributed by atoms with E-state index in [9.17, 15) is 9.59 Å². The number of ether oxygens (including phenoxy) is 1. The molecule has 6 heteroatoms. The van der Waals surface area contributed by atoms with E-state index in [-0.39, 0.29) is 6.04 Å². The maximum atomic E-state index is 10.9. The van der Waals surface area contributed by atoms with Crippen LogP contribution in [0.4, 0.5) is 9.59 Å². The van der Waals surface area contributed by atoms with E-state index in [0.717, 1.165) is 12.8 Å². The number of carbonyl (C=O) groups excluding carboxylic acids is 2. The van der Waals surface area contributed by atoms with Crippen molar-refractivity contribution in [3.8, 4) is 0 Å². The molecule has 1 unspecified atom stereocenters. The highest BCUT2D eigenvalue weighted by Crippen LogP contribution is 2.09. The van der Waals surface area contributed by atoms with Crippen molar-refractivity contribution in [1.82, 2.24) is 10.2 Å². The minimum absolute atomic E-state index is 0.0521. The summed E-state index contributed by atoms with van der Waals surface area (Å²) in [6, 6.07) is -0.495. The molecule has 1 heterocycles. The standard InChI is InChI=1S/C8H15N3O3/c1-14-8(13)10-6-3-2-4-11(5-6)7(9)12/h6H,2-5H2,1H3,(H2,9,12)(H,10,13). The summed E-state index contributed by atoms with van der Waals surface area (Å²) in [5.41, 5.74) is 5.14. The summed E-state index contributed by atoms with van der Waals surface area (Å²) in [5.74, 6) is 0. The third-order valence-electron chi connectivity index (χ3n) is 2.24. The van der Waals surface area contributed by atoms with E-state index in [0.29, 0.717) is 13.1 Å². The molecular weight excluding hydrogens is 186 g/mol. The Kier molecular flexibility index (Phi) is 3.55. The van der Waals surface area contributed by atoms with Crippen LogP contribution >= 0.6 is 0 Å². The third-order valence-corrected chi connectivity index (χ3v) is 2.24. The lowest BCUT2D eigenvalue weighted by Crippen LogP contribution is -2.51. The highest BCUT2D eigenvalue weighted by atomic mass is 16.5. The van der Waals surface area contributed by atoms with Crippen LogP contribution in [0.5, 0.6) is 0 Å². The number of carbonyl (C=O) groups is 2. The smallest absolute Gasteiger partial charge is 0.407 e. The van der Waals surface area contributed by atoms with Gasteiger partial charge >= 0.3 is 12.1 Å². The highest BCUT2D eigenvalue weighted by Gasteiger charge is 2.23. The Labute approximate surface area is 82.4 Å². The van der Waals surface area contributed by atoms with Gasteiger partial charge in [-0.15, -0.1) is 0 Å². The van der Waals surface area contributed by atoms with Gasteiger partial charge < -0.3 is 20.7 Å². The van der Waals surface area contributed by atoms with E-state index in [1.54, 1.807) is 0 Å². The molecule has 1 saturated heterocycles. The van der Waals surface area contributed by atoms with Gasteiger partial charge in [-0.3, -0.25) is 0 Å². The number of nitrogens with zero attached hydrogens (tertiary/aromatic N) is 1. The molecule has 3 amide bonds. The van der Waals surface area contributed by atoms with Crippen molar-refractivity contribution in [1.29, 1.82) is 0 Å². The van der Waals surface area contributed by atoms with Gasteiger partial charge in [-0.25, -0.2) is 9.59 Å². The average Bonchev–Trinajstić information content (AvgIpc) is 2.18. The lowest BCUT2D eigenvalue weighted by atomic mass is 10.1. The number of alkyl carbamates (subject to hydrolysis) is 1. The molecule has 0 spiro atoms. The first-order valence-electron chi connectivity index (χ1n) is 4.52. The molecule has 1 aliphatic heterocycles. The first-order valence-corrected chi connectivity index (χ1v) is 4.52. The Morgan fingerprint density at radius 3 is 2.86 bits per heavy atom. The van der Waals surface area contributed by atoms with Crippen LogP contribution in [-0.4, -0.2) is 43.3 Å². The Balaban J connectivity index is 2.40. The van der Waals surface area contributed by atoms with Gasteiger partial charge in [0.15, 0.2) is 0 Å².